The monoisotopic (exact) mass is 178 g/mol. The molecule has 0 aliphatic carbocycles. The fraction of sp³-hybridized carbons (Fsp3) is 0.111. The highest BCUT2D eigenvalue weighted by Gasteiger charge is 1.99. The molecule has 2 aromatic rings. The van der Waals surface area contributed by atoms with Crippen molar-refractivity contribution in [2.24, 2.45) is 0 Å². The van der Waals surface area contributed by atoms with Gasteiger partial charge in [0.25, 0.3) is 0 Å². The van der Waals surface area contributed by atoms with Gasteiger partial charge in [0.05, 0.1) is 0 Å². The van der Waals surface area contributed by atoms with Crippen molar-refractivity contribution in [1.82, 2.24) is 0 Å². The van der Waals surface area contributed by atoms with Gasteiger partial charge in [0.2, 0.25) is 0 Å². The van der Waals surface area contributed by atoms with Gasteiger partial charge in [-0.1, -0.05) is 18.2 Å². The molecule has 0 radical (unpaired) electrons. The second-order valence-corrected chi connectivity index (χ2v) is 3.82. The summed E-state index contributed by atoms with van der Waals surface area (Å²) in [5.41, 5.74) is 0.679. The lowest BCUT2D eigenvalue weighted by Crippen LogP contribution is -1.90. The van der Waals surface area contributed by atoms with Crippen LogP contribution < -0.4 is 5.36 Å². The summed E-state index contributed by atoms with van der Waals surface area (Å²) in [6.07, 6.45) is 0. The van der Waals surface area contributed by atoms with Crippen LogP contribution in [0.5, 0.6) is 0 Å². The van der Waals surface area contributed by atoms with Crippen LogP contribution in [-0.2, 0) is 0 Å². The number of para-hydroxylation sites is 1. The van der Waals surface area contributed by atoms with Gasteiger partial charge in [-0.25, -0.2) is 4.79 Å². The topological polar surface area (TPSA) is 30.2 Å². The molecule has 0 bridgehead atoms. The smallest absolute Gasteiger partial charge is 0.361 e. The molecule has 0 N–H and O–H groups in total. The van der Waals surface area contributed by atoms with Crippen LogP contribution in [0.25, 0.3) is 11.0 Å². The largest absolute Gasteiger partial charge is 0.419 e. The van der Waals surface area contributed by atoms with Gasteiger partial charge in [-0.3, -0.25) is 0 Å². The maximum absolute atomic E-state index is 11.0. The summed E-state index contributed by atoms with van der Waals surface area (Å²) >= 11 is 0. The van der Waals surface area contributed by atoms with Crippen molar-refractivity contribution in [2.75, 3.05) is 0 Å². The fourth-order valence-electron chi connectivity index (χ4n) is 1.17. The van der Waals surface area contributed by atoms with E-state index in [0.29, 0.717) is 13.8 Å². The van der Waals surface area contributed by atoms with Crippen molar-refractivity contribution < 1.29 is 4.42 Å². The first kappa shape index (κ1) is 7.51. The summed E-state index contributed by atoms with van der Waals surface area (Å²) in [6.45, 7) is 1.95. The molecule has 0 saturated heterocycles. The fourth-order valence-corrected chi connectivity index (χ4v) is 1.89. The molecule has 0 fully saturated rings. The molecule has 60 valence electrons. The number of hydrogen-bond donors (Lipinski definition) is 0. The van der Waals surface area contributed by atoms with Crippen LogP contribution in [-0.4, -0.2) is 0 Å². The average molecular weight is 178 g/mol. The predicted octanol–water partition coefficient (Wildman–Crippen LogP) is 2.68. The molecule has 12 heavy (non-hydrogen) atoms. The maximum atomic E-state index is 11.0. The van der Waals surface area contributed by atoms with Gasteiger partial charge in [-0.05, 0) is 18.3 Å². The molecule has 1 aromatic carbocycles. The third-order valence-corrected chi connectivity index (χ3v) is 2.58. The first-order valence-electron chi connectivity index (χ1n) is 3.64. The van der Waals surface area contributed by atoms with Gasteiger partial charge in [-0.15, -0.1) is 0 Å². The van der Waals surface area contributed by atoms with E-state index >= 15 is 0 Å². The molecule has 2 rings (SSSR count). The quantitative estimate of drug-likeness (QED) is 0.620. The van der Waals surface area contributed by atoms with Crippen molar-refractivity contribution in [3.63, 3.8) is 0 Å². The lowest BCUT2D eigenvalue weighted by molar-refractivity contribution is 0.580. The Bertz CT molecular complexity index is 473. The van der Waals surface area contributed by atoms with Gasteiger partial charge in [0.1, 0.15) is 5.58 Å². The minimum atomic E-state index is -0.189. The third kappa shape index (κ3) is 1.15. The summed E-state index contributed by atoms with van der Waals surface area (Å²) in [5.74, 6) is 0. The Morgan fingerprint density at radius 2 is 2.08 bits per heavy atom. The van der Waals surface area contributed by atoms with E-state index in [0.717, 1.165) is 10.7 Å². The Morgan fingerprint density at radius 3 is 2.92 bits per heavy atom. The van der Waals surface area contributed by atoms with Crippen LogP contribution in [0.1, 0.15) is 5.30 Å². The van der Waals surface area contributed by atoms with Gasteiger partial charge in [-0.2, -0.15) is 0 Å². The summed E-state index contributed by atoms with van der Waals surface area (Å²) in [5, 5.41) is 1.91. The zero-order valence-electron chi connectivity index (χ0n) is 6.57. The highest BCUT2D eigenvalue weighted by atomic mass is 31.0. The van der Waals surface area contributed by atoms with Gasteiger partial charge < -0.3 is 4.42 Å². The molecular weight excluding hydrogens is 171 g/mol. The Kier molecular flexibility index (Phi) is 1.70. The molecule has 0 saturated carbocycles. The van der Waals surface area contributed by atoms with E-state index in [4.69, 9.17) is 4.42 Å². The highest BCUT2D eigenvalue weighted by molar-refractivity contribution is 7.29. The highest BCUT2D eigenvalue weighted by Crippen LogP contribution is 2.20. The van der Waals surface area contributed by atoms with E-state index in [1.54, 1.807) is 0 Å². The van der Waals surface area contributed by atoms with Gasteiger partial charge >= 0.3 is 5.36 Å². The van der Waals surface area contributed by atoms with Crippen molar-refractivity contribution in [2.45, 2.75) is 6.92 Å². The predicted molar refractivity (Wildman–Crippen MR) is 49.7 cm³/mol. The van der Waals surface area contributed by atoms with Crippen LogP contribution in [0, 0.1) is 6.92 Å². The summed E-state index contributed by atoms with van der Waals surface area (Å²) in [6, 6.07) is 7.58. The van der Waals surface area contributed by atoms with Crippen molar-refractivity contribution in [3.05, 3.63) is 39.7 Å². The molecule has 0 aliphatic heterocycles. The van der Waals surface area contributed by atoms with Gasteiger partial charge in [0.15, 0.2) is 0 Å². The number of rotatable bonds is 0. The summed E-state index contributed by atoms with van der Waals surface area (Å²) in [4.78, 5) is 11.0. The second kappa shape index (κ2) is 2.72. The average Bonchev–Trinajstić information content (AvgIpc) is 2.04. The van der Waals surface area contributed by atoms with Crippen LogP contribution in [0.4, 0.5) is 0 Å². The van der Waals surface area contributed by atoms with Crippen molar-refractivity contribution in [3.8, 4) is 0 Å². The summed E-state index contributed by atoms with van der Waals surface area (Å²) < 4.78 is 5.03. The molecule has 1 aromatic heterocycles. The van der Waals surface area contributed by atoms with E-state index in [1.807, 2.05) is 31.2 Å². The van der Waals surface area contributed by atoms with E-state index in [-0.39, 0.29) is 5.36 Å². The van der Waals surface area contributed by atoms with Crippen LogP contribution >= 0.6 is 8.19 Å². The normalized spacial score (nSPS) is 11.1. The Morgan fingerprint density at radius 1 is 1.33 bits per heavy atom. The molecule has 1 heterocycles. The standard InChI is InChI=1S/C9H7O2P/c1-6-7-4-2-3-5-8(7)11-9(10)12-6/h2-5H,1H3. The molecular formula is C9H7O2P. The first-order chi connectivity index (χ1) is 5.77. The van der Waals surface area contributed by atoms with E-state index < -0.39 is 0 Å². The Labute approximate surface area is 70.9 Å². The Balaban J connectivity index is 2.99. The van der Waals surface area contributed by atoms with Crippen LogP contribution in [0.2, 0.25) is 0 Å². The van der Waals surface area contributed by atoms with Crippen LogP contribution in [0.15, 0.2) is 33.5 Å². The Hall–Kier alpha value is -1.14. The second-order valence-electron chi connectivity index (χ2n) is 2.56. The zero-order valence-corrected chi connectivity index (χ0v) is 7.47. The van der Waals surface area contributed by atoms with E-state index in [2.05, 4.69) is 0 Å². The molecule has 0 atom stereocenters. The van der Waals surface area contributed by atoms with Gasteiger partial charge in [0, 0.05) is 13.6 Å². The minimum absolute atomic E-state index is 0.189. The number of hydrogen-bond acceptors (Lipinski definition) is 2. The maximum Gasteiger partial charge on any atom is 0.361 e. The molecule has 0 spiro atoms. The number of fused-ring (bicyclic) bond motifs is 1. The first-order valence-corrected chi connectivity index (χ1v) is 4.53. The summed E-state index contributed by atoms with van der Waals surface area (Å²) in [7, 11) is 0.656. The zero-order chi connectivity index (χ0) is 8.55. The molecule has 3 heteroatoms. The van der Waals surface area contributed by atoms with E-state index in [9.17, 15) is 4.79 Å². The lowest BCUT2D eigenvalue weighted by atomic mass is 10.2. The van der Waals surface area contributed by atoms with Crippen molar-refractivity contribution in [1.29, 1.82) is 0 Å². The van der Waals surface area contributed by atoms with Crippen molar-refractivity contribution >= 4 is 19.2 Å². The minimum Gasteiger partial charge on any atom is -0.419 e. The van der Waals surface area contributed by atoms with Crippen LogP contribution in [0.3, 0.4) is 0 Å². The SMILES string of the molecule is Cc1pc(=O)oc2ccccc12. The number of aryl methyl sites for hydroxylation is 1. The molecule has 0 unspecified atom stereocenters. The number of benzene rings is 1. The third-order valence-electron chi connectivity index (χ3n) is 1.73. The lowest BCUT2D eigenvalue weighted by Gasteiger charge is -1.96. The molecule has 0 amide bonds. The molecule has 0 aliphatic rings. The van der Waals surface area contributed by atoms with E-state index in [1.165, 1.54) is 0 Å². The molecule has 2 nitrogen and oxygen atoms in total.